The smallest absolute Gasteiger partial charge is 0.174 e. The second kappa shape index (κ2) is 9.03. The Balaban J connectivity index is 1.68. The number of nitrogens with one attached hydrogen (secondary N) is 1. The van der Waals surface area contributed by atoms with Crippen molar-refractivity contribution >= 4 is 23.0 Å². The standard InChI is InChI=1S/C28H27FN4S/c1-4-20-12-14-21(15-13-20)33-27(26(31-28(33)34)24-10-7-8-16-30-24)22-17-18(2)32(19(22)3)25-11-6-5-9-23(25)29/h5-17,26-27H,4H2,1-3H3,(H,31,34)/t26-,27+/m0/s1. The molecule has 1 N–H and O–H groups in total. The third kappa shape index (κ3) is 3.78. The van der Waals surface area contributed by atoms with Crippen molar-refractivity contribution < 1.29 is 4.39 Å². The van der Waals surface area contributed by atoms with Gasteiger partial charge in [0.15, 0.2) is 5.11 Å². The van der Waals surface area contributed by atoms with E-state index in [1.54, 1.807) is 12.3 Å². The minimum absolute atomic E-state index is 0.137. The number of aryl methyl sites for hydroxylation is 2. The zero-order valence-corrected chi connectivity index (χ0v) is 20.3. The van der Waals surface area contributed by atoms with Gasteiger partial charge in [-0.1, -0.05) is 37.3 Å². The molecule has 0 saturated carbocycles. The van der Waals surface area contributed by atoms with Gasteiger partial charge in [0.2, 0.25) is 0 Å². The van der Waals surface area contributed by atoms with Crippen LogP contribution in [0.3, 0.4) is 0 Å². The molecule has 4 aromatic rings. The SMILES string of the molecule is CCc1ccc(N2C(=S)N[C@@H](c3ccccn3)[C@H]2c2cc(C)n(-c3ccccc3F)c2C)cc1. The van der Waals surface area contributed by atoms with E-state index in [1.807, 2.05) is 48.7 Å². The largest absolute Gasteiger partial charge is 0.351 e. The van der Waals surface area contributed by atoms with Crippen LogP contribution in [0.2, 0.25) is 0 Å². The Hall–Kier alpha value is -3.51. The number of anilines is 1. The highest BCUT2D eigenvalue weighted by Crippen LogP contribution is 2.43. The monoisotopic (exact) mass is 470 g/mol. The summed E-state index contributed by atoms with van der Waals surface area (Å²) in [4.78, 5) is 6.81. The van der Waals surface area contributed by atoms with Gasteiger partial charge in [-0.3, -0.25) is 4.98 Å². The Morgan fingerprint density at radius 3 is 2.41 bits per heavy atom. The Morgan fingerprint density at radius 1 is 1.00 bits per heavy atom. The zero-order chi connectivity index (χ0) is 23.8. The Morgan fingerprint density at radius 2 is 1.74 bits per heavy atom. The summed E-state index contributed by atoms with van der Waals surface area (Å²) < 4.78 is 16.8. The Labute approximate surface area is 205 Å². The van der Waals surface area contributed by atoms with Crippen LogP contribution in [-0.2, 0) is 6.42 Å². The molecule has 34 heavy (non-hydrogen) atoms. The van der Waals surface area contributed by atoms with E-state index in [0.29, 0.717) is 10.8 Å². The van der Waals surface area contributed by atoms with Gasteiger partial charge in [-0.2, -0.15) is 0 Å². The van der Waals surface area contributed by atoms with Crippen molar-refractivity contribution in [1.82, 2.24) is 14.9 Å². The zero-order valence-electron chi connectivity index (χ0n) is 19.5. The summed E-state index contributed by atoms with van der Waals surface area (Å²) >= 11 is 5.86. The first-order valence-electron chi connectivity index (χ1n) is 11.5. The highest BCUT2D eigenvalue weighted by Gasteiger charge is 2.42. The van der Waals surface area contributed by atoms with Crippen LogP contribution in [-0.4, -0.2) is 14.7 Å². The van der Waals surface area contributed by atoms with Crippen molar-refractivity contribution in [2.24, 2.45) is 0 Å². The number of hydrogen-bond acceptors (Lipinski definition) is 2. The van der Waals surface area contributed by atoms with Crippen molar-refractivity contribution in [3.05, 3.63) is 113 Å². The minimum atomic E-state index is -0.246. The van der Waals surface area contributed by atoms with Crippen LogP contribution >= 0.6 is 12.2 Å². The lowest BCUT2D eigenvalue weighted by Crippen LogP contribution is -2.29. The molecule has 2 aromatic carbocycles. The fourth-order valence-electron chi connectivity index (χ4n) is 4.93. The molecule has 1 fully saturated rings. The predicted molar refractivity (Wildman–Crippen MR) is 139 cm³/mol. The summed E-state index contributed by atoms with van der Waals surface area (Å²) in [5.74, 6) is -0.246. The van der Waals surface area contributed by atoms with Crippen molar-refractivity contribution in [3.63, 3.8) is 0 Å². The van der Waals surface area contributed by atoms with Crippen LogP contribution in [0.15, 0.2) is 79.0 Å². The van der Waals surface area contributed by atoms with Gasteiger partial charge >= 0.3 is 0 Å². The molecule has 4 nitrogen and oxygen atoms in total. The first kappa shape index (κ1) is 22.3. The third-order valence-corrected chi connectivity index (χ3v) is 6.92. The van der Waals surface area contributed by atoms with Crippen molar-refractivity contribution in [1.29, 1.82) is 0 Å². The quantitative estimate of drug-likeness (QED) is 0.344. The van der Waals surface area contributed by atoms with Gasteiger partial charge in [0, 0.05) is 23.3 Å². The number of thiocarbonyl (C=S) groups is 1. The lowest BCUT2D eigenvalue weighted by atomic mass is 9.96. The minimum Gasteiger partial charge on any atom is -0.351 e. The fourth-order valence-corrected chi connectivity index (χ4v) is 5.28. The number of aromatic nitrogens is 2. The summed E-state index contributed by atoms with van der Waals surface area (Å²) in [6.45, 7) is 6.21. The van der Waals surface area contributed by atoms with Gasteiger partial charge < -0.3 is 14.8 Å². The predicted octanol–water partition coefficient (Wildman–Crippen LogP) is 6.37. The second-order valence-corrected chi connectivity index (χ2v) is 9.02. The molecule has 0 bridgehead atoms. The van der Waals surface area contributed by atoms with E-state index < -0.39 is 0 Å². The molecular formula is C28H27FN4S. The van der Waals surface area contributed by atoms with E-state index in [2.05, 4.69) is 52.5 Å². The first-order chi connectivity index (χ1) is 16.5. The Kier molecular flexibility index (Phi) is 5.92. The average Bonchev–Trinajstić information content (AvgIpc) is 3.35. The highest BCUT2D eigenvalue weighted by atomic mass is 32.1. The molecule has 6 heteroatoms. The highest BCUT2D eigenvalue weighted by molar-refractivity contribution is 7.80. The van der Waals surface area contributed by atoms with Gasteiger partial charge in [-0.05, 0) is 86.1 Å². The van der Waals surface area contributed by atoms with Crippen LogP contribution < -0.4 is 10.2 Å². The van der Waals surface area contributed by atoms with Crippen LogP contribution in [0.1, 0.15) is 47.2 Å². The molecule has 0 spiro atoms. The number of pyridine rings is 1. The maximum atomic E-state index is 14.8. The maximum Gasteiger partial charge on any atom is 0.174 e. The molecule has 1 aliphatic heterocycles. The first-order valence-corrected chi connectivity index (χ1v) is 11.9. The van der Waals surface area contributed by atoms with E-state index >= 15 is 0 Å². The molecule has 1 aliphatic rings. The van der Waals surface area contributed by atoms with Crippen LogP contribution in [0.5, 0.6) is 0 Å². The normalized spacial score (nSPS) is 17.8. The molecule has 0 unspecified atom stereocenters. The molecular weight excluding hydrogens is 443 g/mol. The summed E-state index contributed by atoms with van der Waals surface area (Å²) in [5, 5.41) is 4.17. The number of halogens is 1. The van der Waals surface area contributed by atoms with E-state index in [9.17, 15) is 4.39 Å². The number of benzene rings is 2. The summed E-state index contributed by atoms with van der Waals surface area (Å²) in [5.41, 5.74) is 6.80. The average molecular weight is 471 g/mol. The summed E-state index contributed by atoms with van der Waals surface area (Å²) in [7, 11) is 0. The number of para-hydroxylation sites is 1. The van der Waals surface area contributed by atoms with Gasteiger partial charge in [0.05, 0.1) is 23.5 Å². The summed E-state index contributed by atoms with van der Waals surface area (Å²) in [6, 6.07) is 23.2. The third-order valence-electron chi connectivity index (χ3n) is 6.60. The van der Waals surface area contributed by atoms with Crippen molar-refractivity contribution in [2.45, 2.75) is 39.3 Å². The van der Waals surface area contributed by atoms with Crippen LogP contribution in [0.25, 0.3) is 5.69 Å². The van der Waals surface area contributed by atoms with Crippen molar-refractivity contribution in [2.75, 3.05) is 4.90 Å². The Bertz CT molecular complexity index is 1330. The molecule has 0 radical (unpaired) electrons. The number of rotatable bonds is 5. The molecule has 0 amide bonds. The molecule has 5 rings (SSSR count). The van der Waals surface area contributed by atoms with Crippen molar-refractivity contribution in [3.8, 4) is 5.69 Å². The lowest BCUT2D eigenvalue weighted by Gasteiger charge is -2.28. The summed E-state index contributed by atoms with van der Waals surface area (Å²) in [6.07, 6.45) is 2.78. The van der Waals surface area contributed by atoms with E-state index in [4.69, 9.17) is 12.2 Å². The van der Waals surface area contributed by atoms with Gasteiger partial charge in [-0.15, -0.1) is 0 Å². The molecule has 2 atom stereocenters. The molecule has 2 aromatic heterocycles. The van der Waals surface area contributed by atoms with Gasteiger partial charge in [0.25, 0.3) is 0 Å². The van der Waals surface area contributed by atoms with E-state index in [0.717, 1.165) is 34.8 Å². The van der Waals surface area contributed by atoms with E-state index in [-0.39, 0.29) is 17.9 Å². The number of hydrogen-bond donors (Lipinski definition) is 1. The number of nitrogens with zero attached hydrogens (tertiary/aromatic N) is 3. The van der Waals surface area contributed by atoms with Gasteiger partial charge in [-0.25, -0.2) is 4.39 Å². The topological polar surface area (TPSA) is 33.1 Å². The maximum absolute atomic E-state index is 14.8. The van der Waals surface area contributed by atoms with Gasteiger partial charge in [0.1, 0.15) is 5.82 Å². The molecule has 3 heterocycles. The lowest BCUT2D eigenvalue weighted by molar-refractivity contribution is 0.564. The molecule has 172 valence electrons. The van der Waals surface area contributed by atoms with E-state index in [1.165, 1.54) is 11.6 Å². The second-order valence-electron chi connectivity index (χ2n) is 8.63. The fraction of sp³-hybridized carbons (Fsp3) is 0.214. The molecule has 1 saturated heterocycles. The van der Waals surface area contributed by atoms with Crippen LogP contribution in [0, 0.1) is 19.7 Å². The molecule has 0 aliphatic carbocycles. The van der Waals surface area contributed by atoms with Crippen LogP contribution in [0.4, 0.5) is 10.1 Å².